The van der Waals surface area contributed by atoms with E-state index >= 15 is 0 Å². The highest BCUT2D eigenvalue weighted by Gasteiger charge is 2.34. The average molecular weight is 243 g/mol. The lowest BCUT2D eigenvalue weighted by Crippen LogP contribution is -2.42. The van der Waals surface area contributed by atoms with E-state index in [-0.39, 0.29) is 18.0 Å². The van der Waals surface area contributed by atoms with Crippen LogP contribution in [-0.4, -0.2) is 37.9 Å². The van der Waals surface area contributed by atoms with Gasteiger partial charge in [0.25, 0.3) is 0 Å². The lowest BCUT2D eigenvalue weighted by atomic mass is 9.86. The van der Waals surface area contributed by atoms with Crippen molar-refractivity contribution < 1.29 is 14.6 Å². The Labute approximate surface area is 104 Å². The van der Waals surface area contributed by atoms with Gasteiger partial charge >= 0.3 is 5.97 Å². The minimum absolute atomic E-state index is 0.0339. The van der Waals surface area contributed by atoms with E-state index in [1.165, 1.54) is 20.0 Å². The van der Waals surface area contributed by atoms with Crippen molar-refractivity contribution in [1.82, 2.24) is 5.32 Å². The number of methoxy groups -OCH3 is 1. The SMILES string of the molecule is COC(=O)C(C)(C)CNCC1(CO)CCCC1. The van der Waals surface area contributed by atoms with Crippen molar-refractivity contribution in [3.63, 3.8) is 0 Å². The summed E-state index contributed by atoms with van der Waals surface area (Å²) in [6.45, 7) is 5.34. The Bertz CT molecular complexity index is 257. The van der Waals surface area contributed by atoms with Gasteiger partial charge in [-0.25, -0.2) is 0 Å². The van der Waals surface area contributed by atoms with Crippen molar-refractivity contribution in [3.05, 3.63) is 0 Å². The molecule has 1 saturated carbocycles. The standard InChI is InChI=1S/C13H25NO3/c1-12(2,11(16)17-3)8-14-9-13(10-15)6-4-5-7-13/h14-15H,4-10H2,1-3H3. The van der Waals surface area contributed by atoms with Crippen LogP contribution in [-0.2, 0) is 9.53 Å². The Morgan fingerprint density at radius 3 is 2.47 bits per heavy atom. The van der Waals surface area contributed by atoms with Gasteiger partial charge in [-0.15, -0.1) is 0 Å². The topological polar surface area (TPSA) is 58.6 Å². The van der Waals surface area contributed by atoms with Gasteiger partial charge in [0.1, 0.15) is 0 Å². The molecule has 0 aromatic heterocycles. The molecule has 0 aromatic carbocycles. The van der Waals surface area contributed by atoms with Crippen LogP contribution in [0.3, 0.4) is 0 Å². The van der Waals surface area contributed by atoms with Crippen molar-refractivity contribution in [2.24, 2.45) is 10.8 Å². The molecule has 0 bridgehead atoms. The van der Waals surface area contributed by atoms with Gasteiger partial charge < -0.3 is 15.2 Å². The summed E-state index contributed by atoms with van der Waals surface area (Å²) < 4.78 is 4.76. The fourth-order valence-corrected chi connectivity index (χ4v) is 2.50. The largest absolute Gasteiger partial charge is 0.469 e. The van der Waals surface area contributed by atoms with E-state index in [0.717, 1.165) is 19.4 Å². The predicted molar refractivity (Wildman–Crippen MR) is 66.7 cm³/mol. The maximum atomic E-state index is 11.5. The summed E-state index contributed by atoms with van der Waals surface area (Å²) in [6.07, 6.45) is 4.55. The molecule has 17 heavy (non-hydrogen) atoms. The summed E-state index contributed by atoms with van der Waals surface area (Å²) in [6, 6.07) is 0. The van der Waals surface area contributed by atoms with Crippen LogP contribution in [0.2, 0.25) is 0 Å². The van der Waals surface area contributed by atoms with E-state index in [1.807, 2.05) is 13.8 Å². The quantitative estimate of drug-likeness (QED) is 0.691. The van der Waals surface area contributed by atoms with Gasteiger partial charge in [-0.3, -0.25) is 4.79 Å². The first-order valence-electron chi connectivity index (χ1n) is 6.36. The maximum absolute atomic E-state index is 11.5. The maximum Gasteiger partial charge on any atom is 0.312 e. The second-order valence-electron chi connectivity index (χ2n) is 5.84. The highest BCUT2D eigenvalue weighted by molar-refractivity contribution is 5.76. The molecule has 100 valence electrons. The number of aliphatic hydroxyl groups is 1. The van der Waals surface area contributed by atoms with Gasteiger partial charge in [-0.2, -0.15) is 0 Å². The summed E-state index contributed by atoms with van der Waals surface area (Å²) in [7, 11) is 1.41. The Morgan fingerprint density at radius 1 is 1.41 bits per heavy atom. The predicted octanol–water partition coefficient (Wildman–Crippen LogP) is 1.33. The van der Waals surface area contributed by atoms with Crippen LogP contribution < -0.4 is 5.32 Å². The average Bonchev–Trinajstić information content (AvgIpc) is 2.77. The summed E-state index contributed by atoms with van der Waals surface area (Å²) in [5, 5.41) is 12.8. The minimum atomic E-state index is -0.510. The van der Waals surface area contributed by atoms with Gasteiger partial charge in [-0.1, -0.05) is 12.8 Å². The Balaban J connectivity index is 2.38. The van der Waals surface area contributed by atoms with Gasteiger partial charge in [0.05, 0.1) is 12.5 Å². The molecule has 0 heterocycles. The summed E-state index contributed by atoms with van der Waals surface area (Å²) in [4.78, 5) is 11.5. The Morgan fingerprint density at radius 2 is 2.00 bits per heavy atom. The van der Waals surface area contributed by atoms with Crippen LogP contribution >= 0.6 is 0 Å². The molecule has 0 atom stereocenters. The van der Waals surface area contributed by atoms with Crippen LogP contribution in [0.1, 0.15) is 39.5 Å². The van der Waals surface area contributed by atoms with E-state index in [2.05, 4.69) is 5.32 Å². The van der Waals surface area contributed by atoms with E-state index in [0.29, 0.717) is 6.54 Å². The third kappa shape index (κ3) is 3.68. The van der Waals surface area contributed by atoms with Crippen LogP contribution in [0.4, 0.5) is 0 Å². The number of esters is 1. The van der Waals surface area contributed by atoms with E-state index in [9.17, 15) is 9.90 Å². The van der Waals surface area contributed by atoms with Crippen molar-refractivity contribution in [3.8, 4) is 0 Å². The zero-order valence-corrected chi connectivity index (χ0v) is 11.2. The van der Waals surface area contributed by atoms with Crippen LogP contribution in [0.5, 0.6) is 0 Å². The minimum Gasteiger partial charge on any atom is -0.469 e. The zero-order chi connectivity index (χ0) is 12.9. The van der Waals surface area contributed by atoms with E-state index in [4.69, 9.17) is 4.74 Å². The molecule has 0 saturated heterocycles. The molecule has 0 unspecified atom stereocenters. The first-order valence-corrected chi connectivity index (χ1v) is 6.36. The normalized spacial score (nSPS) is 19.3. The third-order valence-electron chi connectivity index (χ3n) is 3.80. The second kappa shape index (κ2) is 5.83. The van der Waals surface area contributed by atoms with E-state index in [1.54, 1.807) is 0 Å². The smallest absolute Gasteiger partial charge is 0.312 e. The molecule has 1 rings (SSSR count). The molecule has 1 fully saturated rings. The number of nitrogens with one attached hydrogen (secondary N) is 1. The molecule has 1 aliphatic rings. The van der Waals surface area contributed by atoms with Crippen molar-refractivity contribution in [1.29, 1.82) is 0 Å². The number of aliphatic hydroxyl groups excluding tert-OH is 1. The Hall–Kier alpha value is -0.610. The fraction of sp³-hybridized carbons (Fsp3) is 0.923. The molecule has 4 nitrogen and oxygen atoms in total. The molecule has 4 heteroatoms. The molecule has 0 amide bonds. The lowest BCUT2D eigenvalue weighted by Gasteiger charge is -2.29. The lowest BCUT2D eigenvalue weighted by molar-refractivity contribution is -0.150. The van der Waals surface area contributed by atoms with Crippen LogP contribution in [0.25, 0.3) is 0 Å². The summed E-state index contributed by atoms with van der Waals surface area (Å²) in [5.41, 5.74) is -0.476. The first kappa shape index (κ1) is 14.5. The summed E-state index contributed by atoms with van der Waals surface area (Å²) >= 11 is 0. The first-order chi connectivity index (χ1) is 7.96. The number of hydrogen-bond donors (Lipinski definition) is 2. The highest BCUT2D eigenvalue weighted by atomic mass is 16.5. The molecular formula is C13H25NO3. The molecule has 0 aliphatic heterocycles. The number of hydrogen-bond acceptors (Lipinski definition) is 4. The molecule has 0 radical (unpaired) electrons. The van der Waals surface area contributed by atoms with Crippen molar-refractivity contribution >= 4 is 5.97 Å². The molecule has 2 N–H and O–H groups in total. The van der Waals surface area contributed by atoms with Gasteiger partial charge in [-0.05, 0) is 26.7 Å². The van der Waals surface area contributed by atoms with Gasteiger partial charge in [0.2, 0.25) is 0 Å². The second-order valence-corrected chi connectivity index (χ2v) is 5.84. The third-order valence-corrected chi connectivity index (χ3v) is 3.80. The van der Waals surface area contributed by atoms with Gasteiger partial charge in [0, 0.05) is 25.1 Å². The fourth-order valence-electron chi connectivity index (χ4n) is 2.50. The van der Waals surface area contributed by atoms with E-state index < -0.39 is 5.41 Å². The van der Waals surface area contributed by atoms with Crippen molar-refractivity contribution in [2.45, 2.75) is 39.5 Å². The van der Waals surface area contributed by atoms with Gasteiger partial charge in [0.15, 0.2) is 0 Å². The number of ether oxygens (including phenoxy) is 1. The number of carbonyl (C=O) groups excluding carboxylic acids is 1. The van der Waals surface area contributed by atoms with Crippen molar-refractivity contribution in [2.75, 3.05) is 26.8 Å². The molecular weight excluding hydrogens is 218 g/mol. The number of rotatable bonds is 6. The van der Waals surface area contributed by atoms with Crippen LogP contribution in [0.15, 0.2) is 0 Å². The molecule has 1 aliphatic carbocycles. The molecule has 0 spiro atoms. The Kier molecular flexibility index (Phi) is 4.95. The molecule has 0 aromatic rings. The zero-order valence-electron chi connectivity index (χ0n) is 11.2. The number of carbonyl (C=O) groups is 1. The monoisotopic (exact) mass is 243 g/mol. The highest BCUT2D eigenvalue weighted by Crippen LogP contribution is 2.37. The summed E-state index contributed by atoms with van der Waals surface area (Å²) in [5.74, 6) is -0.200. The van der Waals surface area contributed by atoms with Crippen LogP contribution in [0, 0.1) is 10.8 Å².